The summed E-state index contributed by atoms with van der Waals surface area (Å²) in [6.07, 6.45) is 5.16. The van der Waals surface area contributed by atoms with Crippen LogP contribution in [-0.4, -0.2) is 49.2 Å². The van der Waals surface area contributed by atoms with Crippen LogP contribution >= 0.6 is 0 Å². The van der Waals surface area contributed by atoms with Crippen LogP contribution in [0.2, 0.25) is 0 Å². The first-order valence-corrected chi connectivity index (χ1v) is 12.4. The summed E-state index contributed by atoms with van der Waals surface area (Å²) < 4.78 is 6.36. The fourth-order valence-corrected chi connectivity index (χ4v) is 4.21. The van der Waals surface area contributed by atoms with Crippen molar-refractivity contribution in [3.63, 3.8) is 0 Å². The van der Waals surface area contributed by atoms with E-state index in [4.69, 9.17) is 4.74 Å². The zero-order valence-corrected chi connectivity index (χ0v) is 21.2. The summed E-state index contributed by atoms with van der Waals surface area (Å²) in [7, 11) is 0. The molecule has 1 aliphatic rings. The van der Waals surface area contributed by atoms with Gasteiger partial charge in [-0.15, -0.1) is 0 Å². The van der Waals surface area contributed by atoms with Crippen molar-refractivity contribution in [1.82, 2.24) is 9.88 Å². The highest BCUT2D eigenvalue weighted by Gasteiger charge is 2.26. The van der Waals surface area contributed by atoms with Crippen molar-refractivity contribution in [2.24, 2.45) is 0 Å². The van der Waals surface area contributed by atoms with Crippen LogP contribution in [0.4, 0.5) is 5.82 Å². The first-order chi connectivity index (χ1) is 15.3. The molecule has 1 aromatic carbocycles. The van der Waals surface area contributed by atoms with Crippen LogP contribution in [0.5, 0.6) is 5.75 Å². The Morgan fingerprint density at radius 2 is 1.62 bits per heavy atom. The molecule has 0 atom stereocenters. The molecule has 0 saturated carbocycles. The van der Waals surface area contributed by atoms with Gasteiger partial charge >= 0.3 is 0 Å². The van der Waals surface area contributed by atoms with Gasteiger partial charge < -0.3 is 9.64 Å². The Kier molecular flexibility index (Phi) is 8.21. The molecule has 0 bridgehead atoms. The SMILES string of the molecule is CCC(C)(C)c1ccc(OCCCN2CCN(c3ccccn3)CC2)c(C(C)(C)CC)c1. The number of rotatable bonds is 10. The van der Waals surface area contributed by atoms with E-state index >= 15 is 0 Å². The van der Waals surface area contributed by atoms with E-state index in [-0.39, 0.29) is 10.8 Å². The minimum atomic E-state index is 0.108. The van der Waals surface area contributed by atoms with E-state index in [1.54, 1.807) is 0 Å². The number of benzene rings is 1. The maximum absolute atomic E-state index is 6.36. The van der Waals surface area contributed by atoms with E-state index in [0.717, 1.165) is 70.2 Å². The van der Waals surface area contributed by atoms with Gasteiger partial charge in [-0.3, -0.25) is 4.90 Å². The molecule has 0 aliphatic carbocycles. The van der Waals surface area contributed by atoms with Crippen LogP contribution in [0.1, 0.15) is 71.9 Å². The molecule has 32 heavy (non-hydrogen) atoms. The molecule has 1 saturated heterocycles. The highest BCUT2D eigenvalue weighted by molar-refractivity contribution is 5.44. The quantitative estimate of drug-likeness (QED) is 0.423. The summed E-state index contributed by atoms with van der Waals surface area (Å²) in [4.78, 5) is 9.41. The molecule has 0 radical (unpaired) electrons. The van der Waals surface area contributed by atoms with Crippen molar-refractivity contribution in [3.8, 4) is 5.75 Å². The van der Waals surface area contributed by atoms with Gasteiger partial charge in [-0.05, 0) is 53.9 Å². The first-order valence-electron chi connectivity index (χ1n) is 12.4. The van der Waals surface area contributed by atoms with E-state index in [1.807, 2.05) is 12.3 Å². The summed E-state index contributed by atoms with van der Waals surface area (Å²) in [5, 5.41) is 0. The number of ether oxygens (including phenoxy) is 1. The summed E-state index contributed by atoms with van der Waals surface area (Å²) in [6, 6.07) is 13.0. The second-order valence-electron chi connectivity index (χ2n) is 10.4. The highest BCUT2D eigenvalue weighted by Crippen LogP contribution is 2.38. The lowest BCUT2D eigenvalue weighted by molar-refractivity contribution is 0.222. The van der Waals surface area contributed by atoms with Gasteiger partial charge in [0.15, 0.2) is 0 Å². The van der Waals surface area contributed by atoms with Crippen molar-refractivity contribution in [2.45, 2.75) is 71.6 Å². The largest absolute Gasteiger partial charge is 0.493 e. The molecule has 0 amide bonds. The van der Waals surface area contributed by atoms with Crippen LogP contribution in [0.25, 0.3) is 0 Å². The highest BCUT2D eigenvalue weighted by atomic mass is 16.5. The van der Waals surface area contributed by atoms with Crippen LogP contribution < -0.4 is 9.64 Å². The van der Waals surface area contributed by atoms with E-state index in [0.29, 0.717) is 0 Å². The van der Waals surface area contributed by atoms with E-state index in [2.05, 4.69) is 86.7 Å². The number of anilines is 1. The Balaban J connectivity index is 1.53. The number of hydrogen-bond donors (Lipinski definition) is 0. The molecule has 176 valence electrons. The molecular weight excluding hydrogens is 394 g/mol. The van der Waals surface area contributed by atoms with E-state index in [9.17, 15) is 0 Å². The summed E-state index contributed by atoms with van der Waals surface area (Å²) in [5.74, 6) is 2.16. The Morgan fingerprint density at radius 1 is 0.906 bits per heavy atom. The molecule has 2 heterocycles. The molecule has 1 fully saturated rings. The Bertz CT molecular complexity index is 839. The molecule has 0 N–H and O–H groups in total. The van der Waals surface area contributed by atoms with Crippen molar-refractivity contribution < 1.29 is 4.74 Å². The summed E-state index contributed by atoms with van der Waals surface area (Å²) in [5.41, 5.74) is 3.06. The molecule has 3 rings (SSSR count). The monoisotopic (exact) mass is 437 g/mol. The van der Waals surface area contributed by atoms with Gasteiger partial charge in [0.1, 0.15) is 11.6 Å². The molecule has 0 spiro atoms. The van der Waals surface area contributed by atoms with Crippen molar-refractivity contribution in [3.05, 3.63) is 53.7 Å². The van der Waals surface area contributed by atoms with Crippen molar-refractivity contribution in [2.75, 3.05) is 44.2 Å². The third-order valence-corrected chi connectivity index (χ3v) is 7.48. The Hall–Kier alpha value is -2.07. The normalized spacial score (nSPS) is 15.8. The van der Waals surface area contributed by atoms with E-state index < -0.39 is 0 Å². The maximum Gasteiger partial charge on any atom is 0.128 e. The number of nitrogens with zero attached hydrogens (tertiary/aromatic N) is 3. The first kappa shape index (κ1) is 24.6. The second-order valence-corrected chi connectivity index (χ2v) is 10.4. The van der Waals surface area contributed by atoms with Crippen LogP contribution in [0.15, 0.2) is 42.6 Å². The predicted octanol–water partition coefficient (Wildman–Crippen LogP) is 6.05. The lowest BCUT2D eigenvalue weighted by Crippen LogP contribution is -2.47. The number of hydrogen-bond acceptors (Lipinski definition) is 4. The smallest absolute Gasteiger partial charge is 0.128 e. The fraction of sp³-hybridized carbons (Fsp3) is 0.607. The fourth-order valence-electron chi connectivity index (χ4n) is 4.21. The number of piperazine rings is 1. The Labute approximate surface area is 196 Å². The average molecular weight is 438 g/mol. The Morgan fingerprint density at radius 3 is 2.25 bits per heavy atom. The minimum absolute atomic E-state index is 0.108. The molecule has 4 nitrogen and oxygen atoms in total. The molecule has 4 heteroatoms. The van der Waals surface area contributed by atoms with E-state index in [1.165, 1.54) is 11.1 Å². The predicted molar refractivity (Wildman–Crippen MR) is 136 cm³/mol. The number of pyridine rings is 1. The standard InChI is InChI=1S/C28H43N3O/c1-7-27(3,4)23-13-14-25(24(22-23)28(5,6)8-2)32-21-11-16-30-17-19-31(20-18-30)26-12-9-10-15-29-26/h9-10,12-15,22H,7-8,11,16-21H2,1-6H3. The maximum atomic E-state index is 6.36. The lowest BCUT2D eigenvalue weighted by atomic mass is 9.76. The molecule has 2 aromatic rings. The van der Waals surface area contributed by atoms with Crippen molar-refractivity contribution in [1.29, 1.82) is 0 Å². The molecule has 1 aromatic heterocycles. The third-order valence-electron chi connectivity index (χ3n) is 7.48. The van der Waals surface area contributed by atoms with Crippen molar-refractivity contribution >= 4 is 5.82 Å². The zero-order chi connectivity index (χ0) is 23.2. The van der Waals surface area contributed by atoms with Gasteiger partial charge in [-0.2, -0.15) is 0 Å². The summed E-state index contributed by atoms with van der Waals surface area (Å²) in [6.45, 7) is 20.0. The molecule has 1 aliphatic heterocycles. The van der Waals surface area contributed by atoms with Gasteiger partial charge in [0.2, 0.25) is 0 Å². The topological polar surface area (TPSA) is 28.6 Å². The van der Waals surface area contributed by atoms with Crippen LogP contribution in [0.3, 0.4) is 0 Å². The van der Waals surface area contributed by atoms with Gasteiger partial charge in [0, 0.05) is 44.5 Å². The molecule has 0 unspecified atom stereocenters. The van der Waals surface area contributed by atoms with Crippen LogP contribution in [-0.2, 0) is 10.8 Å². The second kappa shape index (κ2) is 10.7. The molecular formula is C28H43N3O. The average Bonchev–Trinajstić information content (AvgIpc) is 2.82. The van der Waals surface area contributed by atoms with Gasteiger partial charge in [-0.25, -0.2) is 4.98 Å². The van der Waals surface area contributed by atoms with Crippen LogP contribution in [0, 0.1) is 0 Å². The number of aromatic nitrogens is 1. The summed E-state index contributed by atoms with van der Waals surface area (Å²) >= 11 is 0. The zero-order valence-electron chi connectivity index (χ0n) is 21.2. The van der Waals surface area contributed by atoms with Gasteiger partial charge in [0.25, 0.3) is 0 Å². The van der Waals surface area contributed by atoms with Gasteiger partial charge in [-0.1, -0.05) is 59.7 Å². The minimum Gasteiger partial charge on any atom is -0.493 e. The van der Waals surface area contributed by atoms with Gasteiger partial charge in [0.05, 0.1) is 6.61 Å². The lowest BCUT2D eigenvalue weighted by Gasteiger charge is -2.35. The third kappa shape index (κ3) is 6.04.